The molecule has 0 bridgehead atoms. The second-order valence-corrected chi connectivity index (χ2v) is 3.73. The number of aromatic nitrogens is 4. The van der Waals surface area contributed by atoms with E-state index in [4.69, 9.17) is 11.5 Å². The highest BCUT2D eigenvalue weighted by molar-refractivity contribution is 9.10. The van der Waals surface area contributed by atoms with Gasteiger partial charge in [-0.15, -0.1) is 0 Å². The molecule has 4 N–H and O–H groups in total. The Kier molecular flexibility index (Phi) is 2.57. The van der Waals surface area contributed by atoms with Gasteiger partial charge in [0.05, 0.1) is 11.8 Å². The van der Waals surface area contributed by atoms with Crippen LogP contribution < -0.4 is 11.5 Å². The number of amides is 1. The average molecular weight is 283 g/mol. The van der Waals surface area contributed by atoms with E-state index in [1.807, 2.05) is 0 Å². The summed E-state index contributed by atoms with van der Waals surface area (Å²) in [6.45, 7) is 0. The number of hydrogen-bond donors (Lipinski definition) is 2. The van der Waals surface area contributed by atoms with Crippen LogP contribution >= 0.6 is 15.9 Å². The van der Waals surface area contributed by atoms with Gasteiger partial charge in [-0.2, -0.15) is 5.10 Å². The highest BCUT2D eigenvalue weighted by Crippen LogP contribution is 2.22. The number of halogens is 1. The van der Waals surface area contributed by atoms with Crippen molar-refractivity contribution in [3.8, 4) is 5.82 Å². The van der Waals surface area contributed by atoms with Crippen molar-refractivity contribution < 1.29 is 4.79 Å². The quantitative estimate of drug-likeness (QED) is 0.811. The van der Waals surface area contributed by atoms with Gasteiger partial charge in [-0.3, -0.25) is 4.79 Å². The zero-order valence-electron chi connectivity index (χ0n) is 7.96. The molecular formula is C8H7BrN6O. The molecule has 0 aliphatic heterocycles. The minimum absolute atomic E-state index is 0.293. The largest absolute Gasteiger partial charge is 0.383 e. The molecule has 2 rings (SSSR count). The Labute approximate surface area is 98.6 Å². The van der Waals surface area contributed by atoms with Crippen LogP contribution in [0.5, 0.6) is 0 Å². The van der Waals surface area contributed by atoms with Crippen LogP contribution in [0.4, 0.5) is 5.82 Å². The molecule has 0 saturated heterocycles. The molecule has 8 heteroatoms. The lowest BCUT2D eigenvalue weighted by atomic mass is 10.3. The van der Waals surface area contributed by atoms with Gasteiger partial charge < -0.3 is 11.5 Å². The molecule has 16 heavy (non-hydrogen) atoms. The van der Waals surface area contributed by atoms with Crippen LogP contribution in [0.1, 0.15) is 10.4 Å². The maximum absolute atomic E-state index is 10.9. The molecule has 0 aromatic carbocycles. The molecule has 7 nitrogen and oxygen atoms in total. The van der Waals surface area contributed by atoms with E-state index in [9.17, 15) is 4.79 Å². The van der Waals surface area contributed by atoms with Gasteiger partial charge in [0, 0.05) is 6.20 Å². The van der Waals surface area contributed by atoms with E-state index in [2.05, 4.69) is 31.0 Å². The van der Waals surface area contributed by atoms with E-state index in [1.54, 1.807) is 0 Å². The molecule has 2 aromatic heterocycles. The summed E-state index contributed by atoms with van der Waals surface area (Å²) in [4.78, 5) is 18.7. The molecule has 82 valence electrons. The fourth-order valence-corrected chi connectivity index (χ4v) is 1.49. The Morgan fingerprint density at radius 2 is 2.19 bits per heavy atom. The van der Waals surface area contributed by atoms with Gasteiger partial charge in [0.2, 0.25) is 0 Å². The first-order chi connectivity index (χ1) is 7.59. The molecule has 0 aliphatic rings. The minimum Gasteiger partial charge on any atom is -0.383 e. The van der Waals surface area contributed by atoms with Gasteiger partial charge in [0.15, 0.2) is 5.82 Å². The van der Waals surface area contributed by atoms with E-state index >= 15 is 0 Å². The number of nitrogens with zero attached hydrogens (tertiary/aromatic N) is 4. The maximum Gasteiger partial charge on any atom is 0.251 e. The van der Waals surface area contributed by atoms with Crippen LogP contribution in [-0.4, -0.2) is 25.7 Å². The van der Waals surface area contributed by atoms with Crippen molar-refractivity contribution >= 4 is 27.7 Å². The standard InChI is InChI=1S/C8H7BrN6O/c9-5-6(10)12-3-13-8(5)15-2-4(1-14-15)7(11)16/h1-3H,(H2,11,16)(H2,10,12,13). The van der Waals surface area contributed by atoms with Gasteiger partial charge in [-0.05, 0) is 15.9 Å². The molecule has 0 aliphatic carbocycles. The second-order valence-electron chi connectivity index (χ2n) is 2.93. The molecule has 1 amide bonds. The van der Waals surface area contributed by atoms with E-state index in [0.717, 1.165) is 0 Å². The number of carbonyl (C=O) groups is 1. The third-order valence-electron chi connectivity index (χ3n) is 1.88. The first-order valence-electron chi connectivity index (χ1n) is 4.20. The molecule has 0 spiro atoms. The first kappa shape index (κ1) is 10.6. The van der Waals surface area contributed by atoms with E-state index < -0.39 is 5.91 Å². The number of rotatable bonds is 2. The number of nitrogen functional groups attached to an aromatic ring is 1. The van der Waals surface area contributed by atoms with Crippen molar-refractivity contribution in [2.75, 3.05) is 5.73 Å². The van der Waals surface area contributed by atoms with Crippen molar-refractivity contribution in [2.24, 2.45) is 5.73 Å². The van der Waals surface area contributed by atoms with Crippen LogP contribution in [0, 0.1) is 0 Å². The summed E-state index contributed by atoms with van der Waals surface area (Å²) in [5, 5.41) is 3.95. The van der Waals surface area contributed by atoms with Crippen molar-refractivity contribution in [2.45, 2.75) is 0 Å². The van der Waals surface area contributed by atoms with E-state index in [1.165, 1.54) is 23.4 Å². The van der Waals surface area contributed by atoms with Gasteiger partial charge in [-0.25, -0.2) is 14.6 Å². The summed E-state index contributed by atoms with van der Waals surface area (Å²) in [6.07, 6.45) is 4.13. The third-order valence-corrected chi connectivity index (χ3v) is 2.64. The molecular weight excluding hydrogens is 276 g/mol. The maximum atomic E-state index is 10.9. The first-order valence-corrected chi connectivity index (χ1v) is 4.99. The zero-order valence-corrected chi connectivity index (χ0v) is 9.55. The van der Waals surface area contributed by atoms with Crippen molar-refractivity contribution in [3.05, 3.63) is 28.8 Å². The number of hydrogen-bond acceptors (Lipinski definition) is 5. The summed E-state index contributed by atoms with van der Waals surface area (Å²) in [7, 11) is 0. The summed E-state index contributed by atoms with van der Waals surface area (Å²) < 4.78 is 1.90. The SMILES string of the molecule is NC(=O)c1cnn(-c2ncnc(N)c2Br)c1. The number of nitrogens with two attached hydrogens (primary N) is 2. The molecule has 0 atom stereocenters. The fraction of sp³-hybridized carbons (Fsp3) is 0. The van der Waals surface area contributed by atoms with E-state index in [-0.39, 0.29) is 0 Å². The topological polar surface area (TPSA) is 113 Å². The lowest BCUT2D eigenvalue weighted by Gasteiger charge is -2.03. The summed E-state index contributed by atoms with van der Waals surface area (Å²) in [6, 6.07) is 0. The monoisotopic (exact) mass is 282 g/mol. The Morgan fingerprint density at radius 3 is 2.81 bits per heavy atom. The molecule has 0 unspecified atom stereocenters. The minimum atomic E-state index is -0.551. The lowest BCUT2D eigenvalue weighted by molar-refractivity contribution is 0.100. The molecule has 0 radical (unpaired) electrons. The lowest BCUT2D eigenvalue weighted by Crippen LogP contribution is -2.09. The highest BCUT2D eigenvalue weighted by atomic mass is 79.9. The summed E-state index contributed by atoms with van der Waals surface area (Å²) >= 11 is 3.24. The second kappa shape index (κ2) is 3.89. The average Bonchev–Trinajstić information content (AvgIpc) is 2.71. The normalized spacial score (nSPS) is 10.3. The summed E-state index contributed by atoms with van der Waals surface area (Å²) in [5.41, 5.74) is 11.0. The van der Waals surface area contributed by atoms with Gasteiger partial charge in [0.1, 0.15) is 16.6 Å². The number of anilines is 1. The van der Waals surface area contributed by atoms with Crippen LogP contribution in [0.25, 0.3) is 5.82 Å². The number of carbonyl (C=O) groups excluding carboxylic acids is 1. The Bertz CT molecular complexity index is 551. The molecule has 2 aromatic rings. The van der Waals surface area contributed by atoms with Gasteiger partial charge in [0.25, 0.3) is 5.91 Å². The van der Waals surface area contributed by atoms with E-state index in [0.29, 0.717) is 21.7 Å². The van der Waals surface area contributed by atoms with Crippen molar-refractivity contribution in [1.29, 1.82) is 0 Å². The Hall–Kier alpha value is -1.96. The third kappa shape index (κ3) is 1.74. The van der Waals surface area contributed by atoms with Crippen LogP contribution in [0.3, 0.4) is 0 Å². The smallest absolute Gasteiger partial charge is 0.251 e. The van der Waals surface area contributed by atoms with Crippen molar-refractivity contribution in [1.82, 2.24) is 19.7 Å². The molecule has 0 fully saturated rings. The Morgan fingerprint density at radius 1 is 1.44 bits per heavy atom. The van der Waals surface area contributed by atoms with Gasteiger partial charge in [-0.1, -0.05) is 0 Å². The molecule has 2 heterocycles. The zero-order chi connectivity index (χ0) is 11.7. The fourth-order valence-electron chi connectivity index (χ4n) is 1.10. The highest BCUT2D eigenvalue weighted by Gasteiger charge is 2.11. The van der Waals surface area contributed by atoms with Crippen LogP contribution in [0.15, 0.2) is 23.2 Å². The van der Waals surface area contributed by atoms with Crippen LogP contribution in [-0.2, 0) is 0 Å². The predicted octanol–water partition coefficient (Wildman–Crippen LogP) is 0.106. The van der Waals surface area contributed by atoms with Crippen molar-refractivity contribution in [3.63, 3.8) is 0 Å². The Balaban J connectivity index is 2.50. The van der Waals surface area contributed by atoms with Crippen LogP contribution in [0.2, 0.25) is 0 Å². The van der Waals surface area contributed by atoms with Gasteiger partial charge >= 0.3 is 0 Å². The predicted molar refractivity (Wildman–Crippen MR) is 59.8 cm³/mol. The summed E-state index contributed by atoms with van der Waals surface area (Å²) in [5.74, 6) is 0.186. The number of primary amides is 1. The molecule has 0 saturated carbocycles.